The Morgan fingerprint density at radius 1 is 1.29 bits per heavy atom. The van der Waals surface area contributed by atoms with E-state index in [2.05, 4.69) is 10.7 Å². The molecule has 0 heterocycles. The van der Waals surface area contributed by atoms with Crippen LogP contribution in [-0.2, 0) is 0 Å². The molecule has 0 unspecified atom stereocenters. The molecular formula is C11H15N3O3. The van der Waals surface area contributed by atoms with Crippen LogP contribution < -0.4 is 10.7 Å². The van der Waals surface area contributed by atoms with Gasteiger partial charge in [0.2, 0.25) is 0 Å². The van der Waals surface area contributed by atoms with E-state index in [0.29, 0.717) is 5.69 Å². The molecule has 1 aromatic rings. The summed E-state index contributed by atoms with van der Waals surface area (Å²) in [7, 11) is 3.36. The molecule has 2 amide bonds. The largest absolute Gasteiger partial charge is 0.478 e. The third-order valence-corrected chi connectivity index (χ3v) is 2.06. The van der Waals surface area contributed by atoms with Crippen molar-refractivity contribution in [1.29, 1.82) is 0 Å². The number of aromatic carboxylic acids is 1. The van der Waals surface area contributed by atoms with Gasteiger partial charge in [-0.25, -0.2) is 14.6 Å². The summed E-state index contributed by atoms with van der Waals surface area (Å²) in [4.78, 5) is 22.2. The Bertz CT molecular complexity index is 444. The molecular weight excluding hydrogens is 222 g/mol. The van der Waals surface area contributed by atoms with Crippen LogP contribution in [0, 0.1) is 6.92 Å². The lowest BCUT2D eigenvalue weighted by atomic mass is 10.1. The number of amides is 2. The van der Waals surface area contributed by atoms with Gasteiger partial charge in [-0.05, 0) is 24.6 Å². The minimum absolute atomic E-state index is 0.135. The number of carboxylic acids is 1. The third kappa shape index (κ3) is 3.76. The molecule has 0 spiro atoms. The van der Waals surface area contributed by atoms with Crippen LogP contribution in [0.2, 0.25) is 0 Å². The van der Waals surface area contributed by atoms with Crippen molar-refractivity contribution in [1.82, 2.24) is 10.4 Å². The maximum absolute atomic E-state index is 11.4. The first-order valence-electron chi connectivity index (χ1n) is 4.99. The summed E-state index contributed by atoms with van der Waals surface area (Å²) in [5.74, 6) is -1.03. The van der Waals surface area contributed by atoms with Gasteiger partial charge in [0.25, 0.3) is 0 Å². The average molecular weight is 237 g/mol. The molecule has 0 aliphatic carbocycles. The smallest absolute Gasteiger partial charge is 0.335 e. The van der Waals surface area contributed by atoms with Crippen LogP contribution in [0.5, 0.6) is 0 Å². The van der Waals surface area contributed by atoms with Gasteiger partial charge >= 0.3 is 12.0 Å². The van der Waals surface area contributed by atoms with Gasteiger partial charge in [-0.2, -0.15) is 0 Å². The molecule has 3 N–H and O–H groups in total. The first-order chi connectivity index (χ1) is 7.90. The number of carbonyl (C=O) groups excluding carboxylic acids is 1. The minimum Gasteiger partial charge on any atom is -0.478 e. The molecule has 0 aliphatic rings. The zero-order valence-electron chi connectivity index (χ0n) is 9.94. The Kier molecular flexibility index (Phi) is 4.06. The van der Waals surface area contributed by atoms with Crippen LogP contribution in [-0.4, -0.2) is 36.2 Å². The SMILES string of the molecule is Cc1ccc(C(=O)O)cc1NC(=O)NN(C)C. The number of rotatable bonds is 3. The summed E-state index contributed by atoms with van der Waals surface area (Å²) in [5.41, 5.74) is 3.91. The van der Waals surface area contributed by atoms with E-state index in [9.17, 15) is 9.59 Å². The van der Waals surface area contributed by atoms with Gasteiger partial charge in [-0.3, -0.25) is 5.43 Å². The van der Waals surface area contributed by atoms with E-state index in [0.717, 1.165) is 5.56 Å². The quantitative estimate of drug-likeness (QED) is 0.692. The number of nitrogens with one attached hydrogen (secondary N) is 2. The van der Waals surface area contributed by atoms with Crippen molar-refractivity contribution >= 4 is 17.7 Å². The fourth-order valence-electron chi connectivity index (χ4n) is 1.24. The number of hydrazine groups is 1. The molecule has 17 heavy (non-hydrogen) atoms. The van der Waals surface area contributed by atoms with E-state index in [4.69, 9.17) is 5.11 Å². The van der Waals surface area contributed by atoms with Crippen molar-refractivity contribution in [2.45, 2.75) is 6.92 Å². The Hall–Kier alpha value is -2.08. The second-order valence-corrected chi connectivity index (χ2v) is 3.80. The van der Waals surface area contributed by atoms with Gasteiger partial charge in [0.1, 0.15) is 0 Å². The Morgan fingerprint density at radius 2 is 1.94 bits per heavy atom. The normalized spacial score (nSPS) is 10.1. The molecule has 0 aliphatic heterocycles. The molecule has 0 bridgehead atoms. The second-order valence-electron chi connectivity index (χ2n) is 3.80. The van der Waals surface area contributed by atoms with Crippen molar-refractivity contribution in [3.8, 4) is 0 Å². The summed E-state index contributed by atoms with van der Waals surface area (Å²) < 4.78 is 0. The van der Waals surface area contributed by atoms with Crippen LogP contribution in [0.25, 0.3) is 0 Å². The van der Waals surface area contributed by atoms with E-state index < -0.39 is 12.0 Å². The summed E-state index contributed by atoms with van der Waals surface area (Å²) in [6.45, 7) is 1.79. The van der Waals surface area contributed by atoms with E-state index in [1.165, 1.54) is 17.1 Å². The standard InChI is InChI=1S/C11H15N3O3/c1-7-4-5-8(10(15)16)6-9(7)12-11(17)13-14(2)3/h4-6H,1-3H3,(H,15,16)(H2,12,13,17). The van der Waals surface area contributed by atoms with Crippen LogP contribution in [0.3, 0.4) is 0 Å². The van der Waals surface area contributed by atoms with Crippen LogP contribution >= 0.6 is 0 Å². The van der Waals surface area contributed by atoms with E-state index in [1.54, 1.807) is 27.1 Å². The topological polar surface area (TPSA) is 81.7 Å². The Morgan fingerprint density at radius 3 is 2.47 bits per heavy atom. The molecule has 0 saturated carbocycles. The highest BCUT2D eigenvalue weighted by molar-refractivity contribution is 5.93. The van der Waals surface area contributed by atoms with Crippen LogP contribution in [0.15, 0.2) is 18.2 Å². The molecule has 0 saturated heterocycles. The fraction of sp³-hybridized carbons (Fsp3) is 0.273. The molecule has 92 valence electrons. The van der Waals surface area contributed by atoms with Crippen LogP contribution in [0.1, 0.15) is 15.9 Å². The number of hydrogen-bond acceptors (Lipinski definition) is 3. The van der Waals surface area contributed by atoms with Gasteiger partial charge < -0.3 is 10.4 Å². The van der Waals surface area contributed by atoms with Gasteiger partial charge in [-0.15, -0.1) is 0 Å². The number of carboxylic acid groups (broad SMARTS) is 1. The lowest BCUT2D eigenvalue weighted by molar-refractivity contribution is 0.0697. The maximum Gasteiger partial charge on any atom is 0.335 e. The maximum atomic E-state index is 11.4. The Labute approximate surface area is 99.2 Å². The van der Waals surface area contributed by atoms with E-state index >= 15 is 0 Å². The van der Waals surface area contributed by atoms with Crippen LogP contribution in [0.4, 0.5) is 10.5 Å². The molecule has 6 heteroatoms. The van der Waals surface area contributed by atoms with Crippen molar-refractivity contribution in [3.63, 3.8) is 0 Å². The predicted octanol–water partition coefficient (Wildman–Crippen LogP) is 1.29. The molecule has 6 nitrogen and oxygen atoms in total. The lowest BCUT2D eigenvalue weighted by Crippen LogP contribution is -2.39. The highest BCUT2D eigenvalue weighted by Gasteiger charge is 2.08. The molecule has 1 rings (SSSR count). The number of carbonyl (C=O) groups is 2. The van der Waals surface area contributed by atoms with Crippen molar-refractivity contribution in [2.75, 3.05) is 19.4 Å². The highest BCUT2D eigenvalue weighted by Crippen LogP contribution is 2.16. The van der Waals surface area contributed by atoms with Crippen molar-refractivity contribution in [2.24, 2.45) is 0 Å². The molecule has 0 fully saturated rings. The molecule has 1 aromatic carbocycles. The zero-order chi connectivity index (χ0) is 13.0. The molecule has 0 radical (unpaired) electrons. The average Bonchev–Trinajstić information content (AvgIpc) is 2.19. The zero-order valence-corrected chi connectivity index (χ0v) is 9.94. The van der Waals surface area contributed by atoms with Gasteiger partial charge in [-0.1, -0.05) is 6.07 Å². The molecule has 0 aromatic heterocycles. The third-order valence-electron chi connectivity index (χ3n) is 2.06. The second kappa shape index (κ2) is 5.31. The first kappa shape index (κ1) is 13.0. The van der Waals surface area contributed by atoms with E-state index in [-0.39, 0.29) is 5.56 Å². The fourth-order valence-corrected chi connectivity index (χ4v) is 1.24. The summed E-state index contributed by atoms with van der Waals surface area (Å²) in [6, 6.07) is 4.15. The van der Waals surface area contributed by atoms with Gasteiger partial charge in [0.15, 0.2) is 0 Å². The monoisotopic (exact) mass is 237 g/mol. The highest BCUT2D eigenvalue weighted by atomic mass is 16.4. The summed E-state index contributed by atoms with van der Waals surface area (Å²) in [5, 5.41) is 12.9. The number of urea groups is 1. The molecule has 0 atom stereocenters. The summed E-state index contributed by atoms with van der Waals surface area (Å²) >= 11 is 0. The summed E-state index contributed by atoms with van der Waals surface area (Å²) in [6.07, 6.45) is 0. The number of anilines is 1. The number of nitrogens with zero attached hydrogens (tertiary/aromatic N) is 1. The lowest BCUT2D eigenvalue weighted by Gasteiger charge is -2.14. The van der Waals surface area contributed by atoms with Crippen molar-refractivity contribution in [3.05, 3.63) is 29.3 Å². The first-order valence-corrected chi connectivity index (χ1v) is 4.99. The number of hydrogen-bond donors (Lipinski definition) is 3. The van der Waals surface area contributed by atoms with E-state index in [1.807, 2.05) is 0 Å². The number of aryl methyl sites for hydroxylation is 1. The predicted molar refractivity (Wildman–Crippen MR) is 64.0 cm³/mol. The Balaban J connectivity index is 2.86. The number of benzene rings is 1. The van der Waals surface area contributed by atoms with Crippen molar-refractivity contribution < 1.29 is 14.7 Å². The van der Waals surface area contributed by atoms with Gasteiger partial charge in [0.05, 0.1) is 5.56 Å². The minimum atomic E-state index is -1.03. The van der Waals surface area contributed by atoms with Gasteiger partial charge in [0, 0.05) is 19.8 Å².